The van der Waals surface area contributed by atoms with E-state index in [4.69, 9.17) is 39.2 Å². The summed E-state index contributed by atoms with van der Waals surface area (Å²) in [6, 6.07) is 15.7. The van der Waals surface area contributed by atoms with E-state index in [9.17, 15) is 4.79 Å². The SMILES string of the molecule is CC(=N)/C(=C(/C)NN)c1c(Cl)ccc2c(CCCOc3cc(C)c(Cl)c(C)c3)c3n(c12)[C@H](C)CC(Cc1cn(C)c2ccc(-c4ncccn4)cc12)=CC3=O. The maximum absolute atomic E-state index is 14.7. The van der Waals surface area contributed by atoms with Crippen LogP contribution in [0.15, 0.2) is 84.5 Å². The second-order valence-electron chi connectivity index (χ2n) is 14.6. The largest absolute Gasteiger partial charge is 0.494 e. The maximum Gasteiger partial charge on any atom is 0.202 e. The Balaban J connectivity index is 1.31. The van der Waals surface area contributed by atoms with E-state index in [1.165, 1.54) is 0 Å². The van der Waals surface area contributed by atoms with Gasteiger partial charge in [-0.2, -0.15) is 0 Å². The van der Waals surface area contributed by atoms with Crippen LogP contribution in [0.2, 0.25) is 10.0 Å². The van der Waals surface area contributed by atoms with E-state index in [0.717, 1.165) is 66.0 Å². The molecule has 1 aliphatic heterocycles. The third-order valence-electron chi connectivity index (χ3n) is 10.6. The van der Waals surface area contributed by atoms with Gasteiger partial charge < -0.3 is 24.7 Å². The van der Waals surface area contributed by atoms with Crippen molar-refractivity contribution < 1.29 is 9.53 Å². The van der Waals surface area contributed by atoms with Gasteiger partial charge in [0.15, 0.2) is 5.82 Å². The zero-order valence-corrected chi connectivity index (χ0v) is 33.5. The molecule has 0 amide bonds. The van der Waals surface area contributed by atoms with Crippen LogP contribution >= 0.6 is 23.2 Å². The van der Waals surface area contributed by atoms with E-state index in [1.807, 2.05) is 70.3 Å². The number of aromatic nitrogens is 4. The molecule has 0 saturated heterocycles. The highest BCUT2D eigenvalue weighted by Crippen LogP contribution is 2.43. The van der Waals surface area contributed by atoms with Crippen molar-refractivity contribution in [3.63, 3.8) is 0 Å². The predicted molar refractivity (Wildman–Crippen MR) is 224 cm³/mol. The highest BCUT2D eigenvalue weighted by molar-refractivity contribution is 6.37. The highest BCUT2D eigenvalue weighted by atomic mass is 35.5. The van der Waals surface area contributed by atoms with Crippen LogP contribution in [0.1, 0.15) is 78.0 Å². The first kappa shape index (κ1) is 38.1. The fraction of sp³-hybridized carbons (Fsp3) is 0.273. The number of fused-ring (bicyclic) bond motifs is 4. The van der Waals surface area contributed by atoms with Crippen molar-refractivity contribution in [3.8, 4) is 17.1 Å². The third kappa shape index (κ3) is 7.20. The van der Waals surface area contributed by atoms with Crippen molar-refractivity contribution in [1.29, 1.82) is 5.41 Å². The Hall–Kier alpha value is -5.22. The van der Waals surface area contributed by atoms with Crippen LogP contribution in [0.25, 0.3) is 38.8 Å². The summed E-state index contributed by atoms with van der Waals surface area (Å²) >= 11 is 13.5. The van der Waals surface area contributed by atoms with Gasteiger partial charge >= 0.3 is 0 Å². The molecule has 0 saturated carbocycles. The fourth-order valence-electron chi connectivity index (χ4n) is 8.15. The third-order valence-corrected chi connectivity index (χ3v) is 11.5. The standard InChI is InChI=1S/C44H45Cl2N7O2/c1-24-17-32(18-25(2)41(24)46)55-16-7-9-33-34-11-12-36(45)40(39(27(4)47)28(5)51-48)43(34)53-26(3)19-29(21-38(54)42(33)53)20-31-23-52(6)37-13-10-30(22-35(31)37)44-49-14-8-15-50-44/h8,10-15,17-18,21-23,26,47,51H,7,9,16,19-20,48H2,1-6H3/b39-28+,47-27?/t26-/m1/s1. The number of ketones is 1. The number of allylic oxidation sites excluding steroid dienone is 4. The quantitative estimate of drug-likeness (QED) is 0.0521. The molecule has 7 rings (SSSR count). The van der Waals surface area contributed by atoms with Gasteiger partial charge in [0.2, 0.25) is 5.78 Å². The minimum Gasteiger partial charge on any atom is -0.494 e. The molecule has 3 aromatic heterocycles. The number of carbonyl (C=O) groups is 1. The van der Waals surface area contributed by atoms with Gasteiger partial charge in [-0.3, -0.25) is 10.6 Å². The monoisotopic (exact) mass is 773 g/mol. The summed E-state index contributed by atoms with van der Waals surface area (Å²) < 4.78 is 10.5. The molecule has 55 heavy (non-hydrogen) atoms. The minimum atomic E-state index is -0.112. The molecule has 3 aromatic carbocycles. The van der Waals surface area contributed by atoms with E-state index in [1.54, 1.807) is 19.3 Å². The molecule has 11 heteroatoms. The summed E-state index contributed by atoms with van der Waals surface area (Å²) in [7, 11) is 2.04. The summed E-state index contributed by atoms with van der Waals surface area (Å²) in [6.45, 7) is 10.1. The van der Waals surface area contributed by atoms with Crippen molar-refractivity contribution in [2.45, 2.75) is 66.3 Å². The normalized spacial score (nSPS) is 14.8. The van der Waals surface area contributed by atoms with Crippen LogP contribution in [0.3, 0.4) is 0 Å². The number of benzene rings is 3. The lowest BCUT2D eigenvalue weighted by Crippen LogP contribution is -2.22. The molecule has 9 nitrogen and oxygen atoms in total. The van der Waals surface area contributed by atoms with Gasteiger partial charge in [0, 0.05) is 81.1 Å². The number of halogens is 2. The van der Waals surface area contributed by atoms with Crippen molar-refractivity contribution in [2.24, 2.45) is 12.9 Å². The number of ether oxygens (including phenoxy) is 1. The Morgan fingerprint density at radius 1 is 1.05 bits per heavy atom. The summed E-state index contributed by atoms with van der Waals surface area (Å²) in [6.07, 6.45) is 9.99. The van der Waals surface area contributed by atoms with Crippen LogP contribution < -0.4 is 16.0 Å². The first-order valence-electron chi connectivity index (χ1n) is 18.4. The Kier molecular flexibility index (Phi) is 10.7. The number of carbonyl (C=O) groups excluding carboxylic acids is 1. The first-order valence-corrected chi connectivity index (χ1v) is 19.2. The molecule has 0 bridgehead atoms. The first-order chi connectivity index (χ1) is 26.4. The number of aryl methyl sites for hydroxylation is 4. The molecule has 0 fully saturated rings. The van der Waals surface area contributed by atoms with Crippen molar-refractivity contribution in [1.82, 2.24) is 24.5 Å². The maximum atomic E-state index is 14.7. The van der Waals surface area contributed by atoms with Crippen molar-refractivity contribution in [3.05, 3.63) is 128 Å². The number of rotatable bonds is 11. The molecule has 4 heterocycles. The topological polar surface area (TPSA) is 124 Å². The molecule has 0 spiro atoms. The lowest BCUT2D eigenvalue weighted by molar-refractivity contribution is 0.103. The smallest absolute Gasteiger partial charge is 0.202 e. The van der Waals surface area contributed by atoms with Gasteiger partial charge in [-0.25, -0.2) is 9.97 Å². The second kappa shape index (κ2) is 15.5. The van der Waals surface area contributed by atoms with Crippen LogP contribution in [0, 0.1) is 19.3 Å². The molecule has 1 atom stereocenters. The molecule has 0 radical (unpaired) electrons. The Morgan fingerprint density at radius 3 is 2.47 bits per heavy atom. The fourth-order valence-corrected chi connectivity index (χ4v) is 8.51. The van der Waals surface area contributed by atoms with E-state index in [0.29, 0.717) is 71.4 Å². The van der Waals surface area contributed by atoms with Crippen LogP contribution in [-0.2, 0) is 19.9 Å². The molecule has 6 aromatic rings. The minimum absolute atomic E-state index is 0.0538. The molecule has 0 unspecified atom stereocenters. The van der Waals surface area contributed by atoms with E-state index >= 15 is 0 Å². The number of hydrogen-bond acceptors (Lipinski definition) is 7. The Bertz CT molecular complexity index is 2540. The highest BCUT2D eigenvalue weighted by Gasteiger charge is 2.31. The average Bonchev–Trinajstić information content (AvgIpc) is 3.62. The Labute approximate surface area is 331 Å². The van der Waals surface area contributed by atoms with Gasteiger partial charge in [0.05, 0.1) is 22.8 Å². The molecular formula is C44H45Cl2N7O2. The van der Waals surface area contributed by atoms with Gasteiger partial charge in [-0.1, -0.05) is 34.8 Å². The van der Waals surface area contributed by atoms with Crippen molar-refractivity contribution >= 4 is 62.1 Å². The summed E-state index contributed by atoms with van der Waals surface area (Å²) in [5, 5.41) is 12.1. The number of hydrazine groups is 1. The van der Waals surface area contributed by atoms with Crippen LogP contribution in [0.4, 0.5) is 0 Å². The Morgan fingerprint density at radius 2 is 1.78 bits per heavy atom. The number of nitrogens with zero attached hydrogens (tertiary/aromatic N) is 4. The van der Waals surface area contributed by atoms with Gasteiger partial charge in [0.25, 0.3) is 0 Å². The summed E-state index contributed by atoms with van der Waals surface area (Å²) in [4.78, 5) is 23.7. The number of nitrogens with two attached hydrogens (primary N) is 1. The van der Waals surface area contributed by atoms with E-state index in [-0.39, 0.29) is 11.8 Å². The zero-order chi connectivity index (χ0) is 39.1. The number of nitrogens with one attached hydrogen (secondary N) is 2. The lowest BCUT2D eigenvalue weighted by Gasteiger charge is -2.21. The summed E-state index contributed by atoms with van der Waals surface area (Å²) in [5.74, 6) is 7.33. The molecule has 1 aliphatic rings. The zero-order valence-electron chi connectivity index (χ0n) is 32.0. The van der Waals surface area contributed by atoms with E-state index in [2.05, 4.69) is 49.8 Å². The van der Waals surface area contributed by atoms with Gasteiger partial charge in [0.1, 0.15) is 5.75 Å². The second-order valence-corrected chi connectivity index (χ2v) is 15.4. The van der Waals surface area contributed by atoms with Crippen LogP contribution in [-0.4, -0.2) is 37.2 Å². The molecular weight excluding hydrogens is 729 g/mol. The average molecular weight is 775 g/mol. The summed E-state index contributed by atoms with van der Waals surface area (Å²) in [5.41, 5.74) is 13.5. The predicted octanol–water partition coefficient (Wildman–Crippen LogP) is 10.1. The molecule has 0 aliphatic carbocycles. The number of hydrogen-bond donors (Lipinski definition) is 3. The van der Waals surface area contributed by atoms with Gasteiger partial charge in [-0.15, -0.1) is 0 Å². The molecule has 282 valence electrons. The lowest BCUT2D eigenvalue weighted by atomic mass is 9.94. The van der Waals surface area contributed by atoms with E-state index < -0.39 is 0 Å². The molecule has 4 N–H and O–H groups in total. The van der Waals surface area contributed by atoms with Gasteiger partial charge in [-0.05, 0) is 131 Å². The van der Waals surface area contributed by atoms with Crippen LogP contribution in [0.5, 0.6) is 5.75 Å². The van der Waals surface area contributed by atoms with Crippen molar-refractivity contribution in [2.75, 3.05) is 6.61 Å².